The lowest BCUT2D eigenvalue weighted by Crippen LogP contribution is -2.56. The number of nitrogens with one attached hydrogen (secondary N) is 1. The van der Waals surface area contributed by atoms with Gasteiger partial charge in [0.25, 0.3) is 0 Å². The van der Waals surface area contributed by atoms with Gasteiger partial charge in [0.15, 0.2) is 10.9 Å². The number of likely N-dealkylation sites (tertiary alicyclic amines) is 1. The van der Waals surface area contributed by atoms with Crippen LogP contribution in [0.1, 0.15) is 26.7 Å². The van der Waals surface area contributed by atoms with Crippen molar-refractivity contribution in [1.29, 1.82) is 0 Å². The fraction of sp³-hybridized carbons (Fsp3) is 0.714. The van der Waals surface area contributed by atoms with Crippen molar-refractivity contribution in [1.82, 2.24) is 25.1 Å². The van der Waals surface area contributed by atoms with Crippen LogP contribution in [0.25, 0.3) is 0 Å². The summed E-state index contributed by atoms with van der Waals surface area (Å²) >= 11 is 7.56. The summed E-state index contributed by atoms with van der Waals surface area (Å²) < 4.78 is 11.5. The summed E-state index contributed by atoms with van der Waals surface area (Å²) in [7, 11) is 0. The van der Waals surface area contributed by atoms with Gasteiger partial charge in [0.2, 0.25) is 5.91 Å². The summed E-state index contributed by atoms with van der Waals surface area (Å²) in [5, 5.41) is 3.67. The van der Waals surface area contributed by atoms with Crippen molar-refractivity contribution in [2.24, 2.45) is 0 Å². The Morgan fingerprint density at radius 3 is 2.61 bits per heavy atom. The van der Waals surface area contributed by atoms with Gasteiger partial charge in [-0.2, -0.15) is 0 Å². The highest BCUT2D eigenvalue weighted by Gasteiger charge is 2.40. The minimum Gasteiger partial charge on any atom is -0.353 e. The molecule has 0 saturated carbocycles. The van der Waals surface area contributed by atoms with Crippen molar-refractivity contribution >= 4 is 41.1 Å². The largest absolute Gasteiger partial charge is 0.353 e. The van der Waals surface area contributed by atoms with E-state index in [4.69, 9.17) is 21.1 Å². The lowest BCUT2D eigenvalue weighted by molar-refractivity contribution is -0.186. The van der Waals surface area contributed by atoms with Crippen molar-refractivity contribution in [2.75, 3.05) is 63.1 Å². The molecule has 0 bridgehead atoms. The molecule has 0 aliphatic carbocycles. The number of thioether (sulfide) groups is 1. The number of halogens is 1. The molecule has 0 aromatic carbocycles. The van der Waals surface area contributed by atoms with Crippen molar-refractivity contribution < 1.29 is 19.1 Å². The number of amides is 3. The average molecular weight is 499 g/mol. The number of hydrogen-bond acceptors (Lipinski definition) is 8. The molecule has 12 heteroatoms. The van der Waals surface area contributed by atoms with Gasteiger partial charge in [0, 0.05) is 64.2 Å². The second-order valence-electron chi connectivity index (χ2n) is 8.43. The van der Waals surface area contributed by atoms with Crippen molar-refractivity contribution in [3.63, 3.8) is 0 Å². The summed E-state index contributed by atoms with van der Waals surface area (Å²) in [6.45, 7) is 8.91. The second kappa shape index (κ2) is 10.6. The van der Waals surface area contributed by atoms with E-state index >= 15 is 0 Å². The molecule has 1 aromatic rings. The van der Waals surface area contributed by atoms with Gasteiger partial charge < -0.3 is 29.5 Å². The maximum absolute atomic E-state index is 12.7. The Hall–Kier alpha value is -1.82. The summed E-state index contributed by atoms with van der Waals surface area (Å²) in [4.78, 5) is 39.6. The van der Waals surface area contributed by atoms with Gasteiger partial charge in [0.1, 0.15) is 11.0 Å². The maximum atomic E-state index is 12.7. The third kappa shape index (κ3) is 5.82. The first-order valence-corrected chi connectivity index (χ1v) is 12.8. The number of nitrogens with zero attached hydrogens (tertiary/aromatic N) is 5. The van der Waals surface area contributed by atoms with Crippen LogP contribution in [0, 0.1) is 0 Å². The van der Waals surface area contributed by atoms with Crippen LogP contribution in [0.15, 0.2) is 11.2 Å². The zero-order valence-corrected chi connectivity index (χ0v) is 20.7. The lowest BCUT2D eigenvalue weighted by Gasteiger charge is -2.40. The van der Waals surface area contributed by atoms with Crippen LogP contribution in [0.5, 0.6) is 0 Å². The normalized spacial score (nSPS) is 22.6. The van der Waals surface area contributed by atoms with E-state index in [1.165, 1.54) is 11.8 Å². The van der Waals surface area contributed by atoms with E-state index in [1.54, 1.807) is 6.07 Å². The maximum Gasteiger partial charge on any atom is 0.317 e. The molecule has 1 unspecified atom stereocenters. The topological polar surface area (TPSA) is 100 Å². The SMILES string of the molecule is CCNC(=O)N1CCN(c2cc(Cl)nc(SCC(=O)N3CCC4(CC3)OCCO4)n2)CC1C. The Kier molecular flexibility index (Phi) is 7.83. The molecular formula is C21H31ClN6O4S. The zero-order valence-electron chi connectivity index (χ0n) is 19.1. The minimum absolute atomic E-state index is 0.0342. The first kappa shape index (κ1) is 24.3. The van der Waals surface area contributed by atoms with Gasteiger partial charge in [-0.1, -0.05) is 23.4 Å². The van der Waals surface area contributed by atoms with Crippen LogP contribution in [0.3, 0.4) is 0 Å². The van der Waals surface area contributed by atoms with E-state index in [1.807, 2.05) is 23.6 Å². The number of carbonyl (C=O) groups is 2. The van der Waals surface area contributed by atoms with Gasteiger partial charge in [-0.15, -0.1) is 0 Å². The highest BCUT2D eigenvalue weighted by Crippen LogP contribution is 2.32. The molecule has 10 nitrogen and oxygen atoms in total. The van der Waals surface area contributed by atoms with E-state index in [0.29, 0.717) is 81.5 Å². The predicted molar refractivity (Wildman–Crippen MR) is 126 cm³/mol. The Morgan fingerprint density at radius 1 is 1.21 bits per heavy atom. The van der Waals surface area contributed by atoms with Gasteiger partial charge in [-0.05, 0) is 13.8 Å². The number of rotatable bonds is 5. The third-order valence-electron chi connectivity index (χ3n) is 6.22. The van der Waals surface area contributed by atoms with E-state index in [2.05, 4.69) is 20.2 Å². The van der Waals surface area contributed by atoms with Crippen LogP contribution >= 0.6 is 23.4 Å². The highest BCUT2D eigenvalue weighted by molar-refractivity contribution is 7.99. The minimum atomic E-state index is -0.493. The molecule has 3 aliphatic heterocycles. The Balaban J connectivity index is 1.31. The number of aromatic nitrogens is 2. The molecular weight excluding hydrogens is 468 g/mol. The van der Waals surface area contributed by atoms with E-state index in [9.17, 15) is 9.59 Å². The molecule has 3 amide bonds. The number of hydrogen-bond donors (Lipinski definition) is 1. The summed E-state index contributed by atoms with van der Waals surface area (Å²) in [6.07, 6.45) is 1.39. The van der Waals surface area contributed by atoms with Gasteiger partial charge in [-0.25, -0.2) is 14.8 Å². The van der Waals surface area contributed by atoms with Gasteiger partial charge in [-0.3, -0.25) is 4.79 Å². The fourth-order valence-corrected chi connectivity index (χ4v) is 5.42. The first-order valence-electron chi connectivity index (χ1n) is 11.4. The van der Waals surface area contributed by atoms with E-state index in [0.717, 1.165) is 0 Å². The number of carbonyl (C=O) groups excluding carboxylic acids is 2. The fourth-order valence-electron chi connectivity index (χ4n) is 4.43. The van der Waals surface area contributed by atoms with E-state index in [-0.39, 0.29) is 23.7 Å². The molecule has 1 aromatic heterocycles. The smallest absolute Gasteiger partial charge is 0.317 e. The highest BCUT2D eigenvalue weighted by atomic mass is 35.5. The second-order valence-corrected chi connectivity index (χ2v) is 9.76. The summed E-state index contributed by atoms with van der Waals surface area (Å²) in [5.41, 5.74) is 0. The molecule has 4 heterocycles. The first-order chi connectivity index (χ1) is 15.9. The molecule has 1 atom stereocenters. The quantitative estimate of drug-likeness (QED) is 0.373. The third-order valence-corrected chi connectivity index (χ3v) is 7.24. The molecule has 1 spiro atoms. The Bertz CT molecular complexity index is 861. The molecule has 3 fully saturated rings. The molecule has 0 radical (unpaired) electrons. The summed E-state index contributed by atoms with van der Waals surface area (Å²) in [5.74, 6) is 0.508. The number of piperazine rings is 1. The van der Waals surface area contributed by atoms with Crippen molar-refractivity contribution in [2.45, 2.75) is 43.7 Å². The molecule has 3 aliphatic rings. The Morgan fingerprint density at radius 2 is 1.94 bits per heavy atom. The standard InChI is InChI=1S/C21H31ClN6O4S/c1-3-23-20(30)28-9-8-27(13-15(28)2)17-12-16(22)24-19(25-17)33-14-18(29)26-6-4-21(5-7-26)31-10-11-32-21/h12,15H,3-11,13-14H2,1-2H3,(H,23,30). The van der Waals surface area contributed by atoms with Crippen molar-refractivity contribution in [3.8, 4) is 0 Å². The van der Waals surface area contributed by atoms with Crippen LogP contribution in [0.2, 0.25) is 5.15 Å². The van der Waals surface area contributed by atoms with Crippen LogP contribution in [0.4, 0.5) is 10.6 Å². The van der Waals surface area contributed by atoms with Crippen LogP contribution in [-0.2, 0) is 14.3 Å². The number of anilines is 1. The van der Waals surface area contributed by atoms with Crippen molar-refractivity contribution in [3.05, 3.63) is 11.2 Å². The average Bonchev–Trinajstić information content (AvgIpc) is 3.25. The molecule has 3 saturated heterocycles. The van der Waals surface area contributed by atoms with Crippen LogP contribution in [-0.4, -0.2) is 102 Å². The number of piperidine rings is 1. The molecule has 4 rings (SSSR count). The van der Waals surface area contributed by atoms with E-state index < -0.39 is 5.79 Å². The zero-order chi connectivity index (χ0) is 23.4. The predicted octanol–water partition coefficient (Wildman–Crippen LogP) is 1.83. The Labute approximate surface area is 203 Å². The van der Waals surface area contributed by atoms with Gasteiger partial charge in [0.05, 0.1) is 19.0 Å². The molecule has 1 N–H and O–H groups in total. The molecule has 182 valence electrons. The molecule has 33 heavy (non-hydrogen) atoms. The van der Waals surface area contributed by atoms with Gasteiger partial charge >= 0.3 is 6.03 Å². The monoisotopic (exact) mass is 498 g/mol. The van der Waals surface area contributed by atoms with Crippen LogP contribution < -0.4 is 10.2 Å². The lowest BCUT2D eigenvalue weighted by atomic mass is 10.0. The number of ether oxygens (including phenoxy) is 2. The number of urea groups is 1. The summed E-state index contributed by atoms with van der Waals surface area (Å²) in [6, 6.07) is 1.72.